The maximum absolute atomic E-state index is 15.8. The summed E-state index contributed by atoms with van der Waals surface area (Å²) in [5, 5.41) is 10.7. The van der Waals surface area contributed by atoms with Crippen LogP contribution in [0.3, 0.4) is 0 Å². The van der Waals surface area contributed by atoms with Gasteiger partial charge in [0.15, 0.2) is 11.5 Å². The number of piperazine rings is 1. The highest BCUT2D eigenvalue weighted by atomic mass is 19.1. The molecule has 0 unspecified atom stereocenters. The van der Waals surface area contributed by atoms with Crippen molar-refractivity contribution in [3.05, 3.63) is 69.9 Å². The number of hydrogen-bond donors (Lipinski definition) is 1. The van der Waals surface area contributed by atoms with E-state index in [1.807, 2.05) is 25.7 Å². The standard InChI is InChI=1S/C31H34F2N6O4/c1-7-22-26(17(2)11-12-34-22)39-28-19(15-21(33)25(35-28)24-20(32)9-8-10-23(24)40)27(36-29(39)41)38-14-13-37(16-18(38)3)30(42)43-31(4,5)6/h8-12,15,18,40H,7,13-14,16H2,1-6H3/t18-/m0/s1. The molecule has 0 saturated carbocycles. The highest BCUT2D eigenvalue weighted by molar-refractivity contribution is 5.91. The second-order valence-electron chi connectivity index (χ2n) is 11.6. The van der Waals surface area contributed by atoms with Crippen LogP contribution in [0.25, 0.3) is 28.0 Å². The van der Waals surface area contributed by atoms with E-state index in [0.717, 1.165) is 12.1 Å². The molecule has 1 fully saturated rings. The molecule has 10 nitrogen and oxygen atoms in total. The number of aryl methyl sites for hydroxylation is 2. The number of pyridine rings is 2. The third-order valence-electron chi connectivity index (χ3n) is 7.34. The summed E-state index contributed by atoms with van der Waals surface area (Å²) in [6.07, 6.45) is 1.67. The van der Waals surface area contributed by atoms with E-state index < -0.39 is 46.0 Å². The highest BCUT2D eigenvalue weighted by Gasteiger charge is 2.33. The zero-order valence-electron chi connectivity index (χ0n) is 25.0. The van der Waals surface area contributed by atoms with Crippen LogP contribution in [0, 0.1) is 18.6 Å². The number of hydrogen-bond acceptors (Lipinski definition) is 8. The number of carbonyl (C=O) groups excluding carboxylic acids is 1. The van der Waals surface area contributed by atoms with Crippen LogP contribution < -0.4 is 10.6 Å². The predicted molar refractivity (Wildman–Crippen MR) is 159 cm³/mol. The van der Waals surface area contributed by atoms with Gasteiger partial charge in [0.1, 0.15) is 28.7 Å². The molecule has 4 heterocycles. The molecule has 226 valence electrons. The third kappa shape index (κ3) is 5.61. The monoisotopic (exact) mass is 592 g/mol. The van der Waals surface area contributed by atoms with Crippen LogP contribution >= 0.6 is 0 Å². The van der Waals surface area contributed by atoms with Crippen LogP contribution in [0.2, 0.25) is 0 Å². The minimum Gasteiger partial charge on any atom is -0.507 e. The van der Waals surface area contributed by atoms with Gasteiger partial charge in [-0.25, -0.2) is 27.9 Å². The quantitative estimate of drug-likeness (QED) is 0.347. The summed E-state index contributed by atoms with van der Waals surface area (Å²) in [5.74, 6) is -2.08. The number of anilines is 1. The lowest BCUT2D eigenvalue weighted by Crippen LogP contribution is -2.55. The molecule has 4 aromatic rings. The van der Waals surface area contributed by atoms with E-state index in [9.17, 15) is 19.1 Å². The average molecular weight is 593 g/mol. The van der Waals surface area contributed by atoms with Gasteiger partial charge in [0.05, 0.1) is 22.3 Å². The fourth-order valence-corrected chi connectivity index (χ4v) is 5.38. The second kappa shape index (κ2) is 11.2. The van der Waals surface area contributed by atoms with Gasteiger partial charge < -0.3 is 19.6 Å². The van der Waals surface area contributed by atoms with Crippen LogP contribution in [0.1, 0.15) is 45.9 Å². The molecule has 1 amide bonds. The van der Waals surface area contributed by atoms with E-state index in [-0.39, 0.29) is 42.5 Å². The predicted octanol–water partition coefficient (Wildman–Crippen LogP) is 5.14. The van der Waals surface area contributed by atoms with Crippen LogP contribution in [0.5, 0.6) is 5.75 Å². The van der Waals surface area contributed by atoms with Gasteiger partial charge in [-0.3, -0.25) is 4.98 Å². The van der Waals surface area contributed by atoms with Gasteiger partial charge in [0.2, 0.25) is 0 Å². The van der Waals surface area contributed by atoms with E-state index in [1.54, 1.807) is 37.9 Å². The molecule has 1 N–H and O–H groups in total. The number of ether oxygens (including phenoxy) is 1. The first-order valence-electron chi connectivity index (χ1n) is 14.1. The number of phenolic OH excluding ortho intramolecular Hbond substituents is 1. The summed E-state index contributed by atoms with van der Waals surface area (Å²) in [6, 6.07) is 6.21. The third-order valence-corrected chi connectivity index (χ3v) is 7.34. The number of phenols is 1. The van der Waals surface area contributed by atoms with Crippen molar-refractivity contribution in [1.82, 2.24) is 24.4 Å². The van der Waals surface area contributed by atoms with Gasteiger partial charge in [-0.05, 0) is 70.9 Å². The number of amides is 1. The molecule has 43 heavy (non-hydrogen) atoms. The normalized spacial score (nSPS) is 15.7. The molecule has 0 spiro atoms. The van der Waals surface area contributed by atoms with Crippen LogP contribution in [-0.4, -0.2) is 66.9 Å². The van der Waals surface area contributed by atoms with Gasteiger partial charge in [-0.1, -0.05) is 13.0 Å². The molecule has 1 saturated heterocycles. The minimum atomic E-state index is -0.903. The number of nitrogens with zero attached hydrogens (tertiary/aromatic N) is 6. The van der Waals surface area contributed by atoms with Crippen molar-refractivity contribution < 1.29 is 23.4 Å². The smallest absolute Gasteiger partial charge is 0.410 e. The Balaban J connectivity index is 1.73. The summed E-state index contributed by atoms with van der Waals surface area (Å²) in [5.41, 5.74) is -0.420. The Morgan fingerprint density at radius 1 is 1.14 bits per heavy atom. The Morgan fingerprint density at radius 2 is 1.88 bits per heavy atom. The lowest BCUT2D eigenvalue weighted by atomic mass is 10.1. The fraction of sp³-hybridized carbons (Fsp3) is 0.387. The number of aromatic hydroxyl groups is 1. The molecule has 0 aliphatic carbocycles. The Labute approximate surface area is 247 Å². The lowest BCUT2D eigenvalue weighted by Gasteiger charge is -2.41. The maximum Gasteiger partial charge on any atom is 0.410 e. The molecular formula is C31H34F2N6O4. The summed E-state index contributed by atoms with van der Waals surface area (Å²) >= 11 is 0. The van der Waals surface area contributed by atoms with Gasteiger partial charge in [-0.15, -0.1) is 0 Å². The van der Waals surface area contributed by atoms with Crippen molar-refractivity contribution in [3.63, 3.8) is 0 Å². The number of benzene rings is 1. The molecule has 0 radical (unpaired) electrons. The van der Waals surface area contributed by atoms with Crippen molar-refractivity contribution in [2.45, 2.75) is 59.6 Å². The molecular weight excluding hydrogens is 558 g/mol. The molecule has 1 aliphatic rings. The zero-order valence-corrected chi connectivity index (χ0v) is 25.0. The molecule has 1 aliphatic heterocycles. The van der Waals surface area contributed by atoms with Crippen LogP contribution in [0.4, 0.5) is 19.4 Å². The summed E-state index contributed by atoms with van der Waals surface area (Å²) < 4.78 is 37.6. The zero-order chi connectivity index (χ0) is 31.2. The molecule has 5 rings (SSSR count). The van der Waals surface area contributed by atoms with E-state index in [4.69, 9.17) is 4.74 Å². The molecule has 0 bridgehead atoms. The number of aromatic nitrogens is 4. The molecule has 1 atom stereocenters. The Bertz CT molecular complexity index is 1770. The first-order chi connectivity index (χ1) is 20.3. The van der Waals surface area contributed by atoms with E-state index in [0.29, 0.717) is 23.4 Å². The first-order valence-corrected chi connectivity index (χ1v) is 14.1. The van der Waals surface area contributed by atoms with E-state index in [2.05, 4.69) is 15.0 Å². The van der Waals surface area contributed by atoms with Crippen LogP contribution in [0.15, 0.2) is 41.3 Å². The number of carbonyl (C=O) groups is 1. The highest BCUT2D eigenvalue weighted by Crippen LogP contribution is 2.36. The topological polar surface area (TPSA) is 114 Å². The Hall–Kier alpha value is -4.61. The van der Waals surface area contributed by atoms with Gasteiger partial charge in [0.25, 0.3) is 0 Å². The summed E-state index contributed by atoms with van der Waals surface area (Å²) in [7, 11) is 0. The Kier molecular flexibility index (Phi) is 7.80. The van der Waals surface area contributed by atoms with Crippen molar-refractivity contribution in [2.75, 3.05) is 24.5 Å². The molecule has 3 aromatic heterocycles. The number of rotatable bonds is 4. The van der Waals surface area contributed by atoms with Crippen molar-refractivity contribution in [1.29, 1.82) is 0 Å². The van der Waals surface area contributed by atoms with Crippen LogP contribution in [-0.2, 0) is 11.2 Å². The van der Waals surface area contributed by atoms with Gasteiger partial charge in [-0.2, -0.15) is 4.98 Å². The average Bonchev–Trinajstić information content (AvgIpc) is 2.92. The van der Waals surface area contributed by atoms with Gasteiger partial charge >= 0.3 is 11.8 Å². The van der Waals surface area contributed by atoms with Crippen molar-refractivity contribution in [3.8, 4) is 22.7 Å². The van der Waals surface area contributed by atoms with Crippen molar-refractivity contribution in [2.24, 2.45) is 0 Å². The molecule has 1 aromatic carbocycles. The SMILES string of the molecule is CCc1nccc(C)c1-n1c(=O)nc(N2CCN(C(=O)OC(C)(C)C)C[C@@H]2C)c2cc(F)c(-c3c(O)cccc3F)nc21. The largest absolute Gasteiger partial charge is 0.507 e. The second-order valence-corrected chi connectivity index (χ2v) is 11.6. The van der Waals surface area contributed by atoms with Crippen molar-refractivity contribution >= 4 is 22.9 Å². The van der Waals surface area contributed by atoms with Gasteiger partial charge in [0, 0.05) is 31.9 Å². The first kappa shape index (κ1) is 29.9. The fourth-order valence-electron chi connectivity index (χ4n) is 5.38. The summed E-state index contributed by atoms with van der Waals surface area (Å²) in [4.78, 5) is 43.4. The Morgan fingerprint density at radius 3 is 2.53 bits per heavy atom. The summed E-state index contributed by atoms with van der Waals surface area (Å²) in [6.45, 7) is 11.8. The maximum atomic E-state index is 15.8. The number of halogens is 2. The minimum absolute atomic E-state index is 0.0293. The molecule has 12 heteroatoms. The number of fused-ring (bicyclic) bond motifs is 1. The lowest BCUT2D eigenvalue weighted by molar-refractivity contribution is 0.0218. The van der Waals surface area contributed by atoms with E-state index in [1.165, 1.54) is 16.7 Å². The van der Waals surface area contributed by atoms with E-state index >= 15 is 4.39 Å².